The van der Waals surface area contributed by atoms with Gasteiger partial charge in [-0.1, -0.05) is 23.4 Å². The molecule has 1 saturated heterocycles. The van der Waals surface area contributed by atoms with Crippen molar-refractivity contribution in [2.75, 3.05) is 13.1 Å². The minimum atomic E-state index is -1.10. The highest BCUT2D eigenvalue weighted by Gasteiger charge is 2.28. The summed E-state index contributed by atoms with van der Waals surface area (Å²) in [7, 11) is 1.93. The van der Waals surface area contributed by atoms with E-state index in [4.69, 9.17) is 5.11 Å². The molecule has 134 valence electrons. The van der Waals surface area contributed by atoms with E-state index in [9.17, 15) is 9.59 Å². The number of nitrogens with zero attached hydrogens (tertiary/aromatic N) is 5. The third kappa shape index (κ3) is 2.73. The molecule has 8 nitrogen and oxygen atoms in total. The zero-order valence-electron chi connectivity index (χ0n) is 14.4. The quantitative estimate of drug-likeness (QED) is 0.777. The number of carbonyl (C=O) groups is 2. The number of aryl methyl sites for hydroxylation is 1. The number of carbonyl (C=O) groups excluding carboxylic acids is 1. The third-order valence-corrected chi connectivity index (χ3v) is 4.91. The van der Waals surface area contributed by atoms with Gasteiger partial charge in [0, 0.05) is 37.2 Å². The van der Waals surface area contributed by atoms with E-state index in [0.717, 1.165) is 23.7 Å². The number of piperidine rings is 1. The summed E-state index contributed by atoms with van der Waals surface area (Å²) in [4.78, 5) is 25.9. The molecule has 1 N–H and O–H groups in total. The average Bonchev–Trinajstić information content (AvgIpc) is 3.27. The summed E-state index contributed by atoms with van der Waals surface area (Å²) in [5.41, 5.74) is 1.63. The SMILES string of the molecule is Cn1cc(C(=O)N2CCCC(n3cc(C(=O)O)nn3)C2)c2ccccc21. The van der Waals surface area contributed by atoms with E-state index in [1.807, 2.05) is 47.0 Å². The molecule has 3 aromatic rings. The van der Waals surface area contributed by atoms with E-state index in [2.05, 4.69) is 10.3 Å². The second kappa shape index (κ2) is 6.29. The largest absolute Gasteiger partial charge is 0.476 e. The minimum absolute atomic E-state index is 0.00919. The van der Waals surface area contributed by atoms with Crippen LogP contribution in [0.4, 0.5) is 0 Å². The molecule has 0 spiro atoms. The number of aromatic carboxylic acids is 1. The number of para-hydroxylation sites is 1. The number of carboxylic acid groups (broad SMARTS) is 1. The molecule has 4 rings (SSSR count). The number of rotatable bonds is 3. The summed E-state index contributed by atoms with van der Waals surface area (Å²) in [6, 6.07) is 7.77. The Kier molecular flexibility index (Phi) is 3.95. The van der Waals surface area contributed by atoms with Crippen LogP contribution in [-0.4, -0.2) is 54.5 Å². The maximum atomic E-state index is 13.1. The van der Waals surface area contributed by atoms with Gasteiger partial charge in [0.15, 0.2) is 5.69 Å². The highest BCUT2D eigenvalue weighted by Crippen LogP contribution is 2.26. The highest BCUT2D eigenvalue weighted by atomic mass is 16.4. The van der Waals surface area contributed by atoms with Gasteiger partial charge in [-0.05, 0) is 18.9 Å². The van der Waals surface area contributed by atoms with E-state index in [1.165, 1.54) is 6.20 Å². The van der Waals surface area contributed by atoms with Gasteiger partial charge in [0.1, 0.15) is 0 Å². The molecule has 1 atom stereocenters. The molecule has 1 aliphatic heterocycles. The monoisotopic (exact) mass is 353 g/mol. The molecule has 0 radical (unpaired) electrons. The van der Waals surface area contributed by atoms with E-state index in [1.54, 1.807) is 4.68 Å². The maximum absolute atomic E-state index is 13.1. The van der Waals surface area contributed by atoms with Gasteiger partial charge in [-0.15, -0.1) is 5.10 Å². The first-order valence-electron chi connectivity index (χ1n) is 8.53. The number of benzene rings is 1. The van der Waals surface area contributed by atoms with Crippen LogP contribution in [0.15, 0.2) is 36.7 Å². The summed E-state index contributed by atoms with van der Waals surface area (Å²) >= 11 is 0. The first-order valence-corrected chi connectivity index (χ1v) is 8.53. The van der Waals surface area contributed by atoms with Crippen molar-refractivity contribution >= 4 is 22.8 Å². The van der Waals surface area contributed by atoms with Crippen LogP contribution in [0.25, 0.3) is 10.9 Å². The average molecular weight is 353 g/mol. The molecule has 1 aromatic carbocycles. The van der Waals surface area contributed by atoms with Gasteiger partial charge < -0.3 is 14.6 Å². The molecule has 1 unspecified atom stereocenters. The summed E-state index contributed by atoms with van der Waals surface area (Å²) in [6.07, 6.45) is 4.97. The van der Waals surface area contributed by atoms with Crippen LogP contribution in [0, 0.1) is 0 Å². The van der Waals surface area contributed by atoms with E-state index < -0.39 is 5.97 Å². The van der Waals surface area contributed by atoms with Crippen LogP contribution < -0.4 is 0 Å². The van der Waals surface area contributed by atoms with Crippen molar-refractivity contribution in [3.8, 4) is 0 Å². The molecule has 3 heterocycles. The molecule has 26 heavy (non-hydrogen) atoms. The van der Waals surface area contributed by atoms with Crippen molar-refractivity contribution < 1.29 is 14.7 Å². The lowest BCUT2D eigenvalue weighted by Gasteiger charge is -2.32. The Morgan fingerprint density at radius 2 is 2.04 bits per heavy atom. The third-order valence-electron chi connectivity index (χ3n) is 4.91. The van der Waals surface area contributed by atoms with Gasteiger partial charge in [0.05, 0.1) is 17.8 Å². The van der Waals surface area contributed by atoms with Crippen LogP contribution in [0.3, 0.4) is 0 Å². The van der Waals surface area contributed by atoms with Crippen molar-refractivity contribution in [1.29, 1.82) is 0 Å². The van der Waals surface area contributed by atoms with Gasteiger partial charge in [0.2, 0.25) is 0 Å². The van der Waals surface area contributed by atoms with Crippen LogP contribution in [0.5, 0.6) is 0 Å². The topological polar surface area (TPSA) is 93.2 Å². The molecule has 0 aliphatic carbocycles. The predicted molar refractivity (Wildman–Crippen MR) is 94.1 cm³/mol. The fourth-order valence-electron chi connectivity index (χ4n) is 3.59. The Hall–Kier alpha value is -3.16. The maximum Gasteiger partial charge on any atom is 0.358 e. The van der Waals surface area contributed by atoms with Gasteiger partial charge >= 0.3 is 5.97 Å². The second-order valence-corrected chi connectivity index (χ2v) is 6.61. The van der Waals surface area contributed by atoms with Crippen LogP contribution >= 0.6 is 0 Å². The molecule has 0 saturated carbocycles. The molecular weight excluding hydrogens is 334 g/mol. The van der Waals surface area contributed by atoms with E-state index in [-0.39, 0.29) is 17.6 Å². The Labute approximate surface area is 149 Å². The number of hydrogen-bond acceptors (Lipinski definition) is 4. The van der Waals surface area contributed by atoms with Crippen molar-refractivity contribution in [2.45, 2.75) is 18.9 Å². The van der Waals surface area contributed by atoms with Crippen molar-refractivity contribution in [2.24, 2.45) is 7.05 Å². The Morgan fingerprint density at radius 1 is 1.23 bits per heavy atom. The van der Waals surface area contributed by atoms with E-state index >= 15 is 0 Å². The van der Waals surface area contributed by atoms with Crippen LogP contribution in [0.1, 0.15) is 39.7 Å². The van der Waals surface area contributed by atoms with Crippen molar-refractivity contribution in [1.82, 2.24) is 24.5 Å². The molecular formula is C18H19N5O3. The number of amides is 1. The Balaban J connectivity index is 1.58. The molecule has 0 bridgehead atoms. The lowest BCUT2D eigenvalue weighted by Crippen LogP contribution is -2.40. The standard InChI is InChI=1S/C18H19N5O3/c1-21-10-14(13-6-2-3-7-16(13)21)17(24)22-8-4-5-12(9-22)23-11-15(18(25)26)19-20-23/h2-3,6-7,10-12H,4-5,8-9H2,1H3,(H,25,26). The number of carboxylic acids is 1. The lowest BCUT2D eigenvalue weighted by atomic mass is 10.0. The summed E-state index contributed by atoms with van der Waals surface area (Å²) in [5.74, 6) is -1.11. The van der Waals surface area contributed by atoms with Gasteiger partial charge in [0.25, 0.3) is 5.91 Å². The van der Waals surface area contributed by atoms with Gasteiger partial charge in [-0.2, -0.15) is 0 Å². The summed E-state index contributed by atoms with van der Waals surface area (Å²) in [6.45, 7) is 1.17. The van der Waals surface area contributed by atoms with Crippen LogP contribution in [0.2, 0.25) is 0 Å². The van der Waals surface area contributed by atoms with Gasteiger partial charge in [-0.25, -0.2) is 9.48 Å². The summed E-state index contributed by atoms with van der Waals surface area (Å²) < 4.78 is 3.52. The molecule has 2 aromatic heterocycles. The van der Waals surface area contributed by atoms with Crippen molar-refractivity contribution in [3.63, 3.8) is 0 Å². The minimum Gasteiger partial charge on any atom is -0.476 e. The fourth-order valence-corrected chi connectivity index (χ4v) is 3.59. The normalized spacial score (nSPS) is 17.6. The molecule has 1 fully saturated rings. The number of aromatic nitrogens is 4. The Bertz CT molecular complexity index is 990. The predicted octanol–water partition coefficient (Wildman–Crippen LogP) is 1.95. The summed E-state index contributed by atoms with van der Waals surface area (Å²) in [5, 5.41) is 17.5. The number of likely N-dealkylation sites (tertiary alicyclic amines) is 1. The smallest absolute Gasteiger partial charge is 0.358 e. The number of hydrogen-bond donors (Lipinski definition) is 1. The Morgan fingerprint density at radius 3 is 2.81 bits per heavy atom. The molecule has 1 aliphatic rings. The zero-order valence-corrected chi connectivity index (χ0v) is 14.4. The zero-order chi connectivity index (χ0) is 18.3. The van der Waals surface area contributed by atoms with E-state index in [0.29, 0.717) is 18.7 Å². The number of fused-ring (bicyclic) bond motifs is 1. The first-order chi connectivity index (χ1) is 12.5. The second-order valence-electron chi connectivity index (χ2n) is 6.61. The fraction of sp³-hybridized carbons (Fsp3) is 0.333. The molecule has 8 heteroatoms. The molecule has 1 amide bonds. The van der Waals surface area contributed by atoms with Crippen LogP contribution in [-0.2, 0) is 7.05 Å². The lowest BCUT2D eigenvalue weighted by molar-refractivity contribution is 0.0667. The highest BCUT2D eigenvalue weighted by molar-refractivity contribution is 6.07. The van der Waals surface area contributed by atoms with Gasteiger partial charge in [-0.3, -0.25) is 4.79 Å². The first kappa shape index (κ1) is 16.3. The van der Waals surface area contributed by atoms with Crippen molar-refractivity contribution in [3.05, 3.63) is 47.9 Å².